The third-order valence-electron chi connectivity index (χ3n) is 6.45. The van der Waals surface area contributed by atoms with Crippen molar-refractivity contribution in [1.29, 1.82) is 0 Å². The minimum atomic E-state index is 0.0407. The predicted molar refractivity (Wildman–Crippen MR) is 144 cm³/mol. The molecule has 0 atom stereocenters. The number of H-pyrrole nitrogens is 1. The van der Waals surface area contributed by atoms with Crippen molar-refractivity contribution in [3.63, 3.8) is 0 Å². The van der Waals surface area contributed by atoms with Crippen LogP contribution >= 0.6 is 11.6 Å². The van der Waals surface area contributed by atoms with E-state index in [1.54, 1.807) is 27.4 Å². The van der Waals surface area contributed by atoms with Gasteiger partial charge in [-0.2, -0.15) is 0 Å². The zero-order chi connectivity index (χ0) is 25.7. The van der Waals surface area contributed by atoms with Gasteiger partial charge in [0.25, 0.3) is 0 Å². The van der Waals surface area contributed by atoms with Crippen molar-refractivity contribution in [2.75, 3.05) is 21.3 Å². The van der Waals surface area contributed by atoms with Crippen LogP contribution in [-0.2, 0) is 0 Å². The highest BCUT2D eigenvalue weighted by Crippen LogP contribution is 2.41. The number of halogens is 1. The number of nitrogens with one attached hydrogen (secondary N) is 1. The lowest BCUT2D eigenvalue weighted by Crippen LogP contribution is -2.19. The van der Waals surface area contributed by atoms with E-state index >= 15 is 0 Å². The lowest BCUT2D eigenvalue weighted by molar-refractivity contribution is 0.324. The van der Waals surface area contributed by atoms with Gasteiger partial charge in [-0.3, -0.25) is 0 Å². The summed E-state index contributed by atoms with van der Waals surface area (Å²) in [6.45, 7) is 0. The van der Waals surface area contributed by atoms with Crippen LogP contribution in [0.25, 0.3) is 39.4 Å². The van der Waals surface area contributed by atoms with Crippen LogP contribution in [0.2, 0.25) is 5.02 Å². The average molecular weight is 512 g/mol. The summed E-state index contributed by atoms with van der Waals surface area (Å²) in [5.41, 5.74) is 5.60. The van der Waals surface area contributed by atoms with Crippen molar-refractivity contribution >= 4 is 34.3 Å². The third kappa shape index (κ3) is 3.75. The van der Waals surface area contributed by atoms with Gasteiger partial charge >= 0.3 is 0 Å². The van der Waals surface area contributed by atoms with Crippen LogP contribution in [0.4, 0.5) is 5.69 Å². The SMILES string of the molecule is COc1cc(-c2n/c(=C\c3c(O)[nH]c4ccc(Cl)cc34)cc3c2=Nc2ccccc2-3)cc(OC)c1OC. The molecule has 3 heterocycles. The summed E-state index contributed by atoms with van der Waals surface area (Å²) in [5.74, 6) is 1.57. The van der Waals surface area contributed by atoms with Gasteiger partial charge in [0.1, 0.15) is 0 Å². The van der Waals surface area contributed by atoms with Gasteiger partial charge in [0.2, 0.25) is 5.75 Å². The number of fused-ring (bicyclic) bond motifs is 4. The van der Waals surface area contributed by atoms with Gasteiger partial charge in [0.15, 0.2) is 17.4 Å². The van der Waals surface area contributed by atoms with E-state index in [0.717, 1.165) is 38.6 Å². The summed E-state index contributed by atoms with van der Waals surface area (Å²) < 4.78 is 16.7. The highest BCUT2D eigenvalue weighted by molar-refractivity contribution is 6.31. The fraction of sp³-hybridized carbons (Fsp3) is 0.103. The Kier molecular flexibility index (Phi) is 5.50. The van der Waals surface area contributed by atoms with Crippen LogP contribution in [0.15, 0.2) is 65.7 Å². The summed E-state index contributed by atoms with van der Waals surface area (Å²) in [4.78, 5) is 12.9. The molecule has 5 aromatic rings. The molecule has 8 heteroatoms. The fourth-order valence-corrected chi connectivity index (χ4v) is 4.93. The summed E-state index contributed by atoms with van der Waals surface area (Å²) in [5, 5.41) is 13.5. The second-order valence-electron chi connectivity index (χ2n) is 8.56. The molecule has 0 amide bonds. The van der Waals surface area contributed by atoms with Crippen molar-refractivity contribution in [2.45, 2.75) is 0 Å². The molecule has 7 nitrogen and oxygen atoms in total. The molecular weight excluding hydrogens is 490 g/mol. The Labute approximate surface area is 217 Å². The number of methoxy groups -OCH3 is 3. The second kappa shape index (κ2) is 8.87. The van der Waals surface area contributed by atoms with Crippen LogP contribution in [0, 0.1) is 0 Å². The van der Waals surface area contributed by atoms with Gasteiger partial charge in [0.05, 0.1) is 43.4 Å². The first kappa shape index (κ1) is 22.9. The molecule has 6 rings (SSSR count). The van der Waals surface area contributed by atoms with E-state index in [0.29, 0.717) is 38.9 Å². The lowest BCUT2D eigenvalue weighted by Gasteiger charge is -2.14. The molecule has 1 aliphatic heterocycles. The van der Waals surface area contributed by atoms with E-state index in [1.807, 2.05) is 60.7 Å². The first-order valence-corrected chi connectivity index (χ1v) is 11.9. The van der Waals surface area contributed by atoms with Crippen molar-refractivity contribution < 1.29 is 19.3 Å². The number of hydrogen-bond acceptors (Lipinski definition) is 6. The Morgan fingerprint density at radius 1 is 0.892 bits per heavy atom. The maximum atomic E-state index is 10.7. The molecule has 1 aliphatic rings. The molecule has 37 heavy (non-hydrogen) atoms. The Morgan fingerprint density at radius 3 is 2.38 bits per heavy atom. The standard InChI is InChI=1S/C29H22ClN3O4/c1-35-24-10-15(11-25(36-2)28(24)37-3)26-27-20(18-6-4-5-7-22(18)32-27)13-17(31-26)14-21-19-12-16(30)8-9-23(19)33-29(21)34/h4-14,33-34H,1-3H3/b17-14-. The van der Waals surface area contributed by atoms with Gasteiger partial charge in [0, 0.05) is 38.2 Å². The molecule has 0 saturated heterocycles. The minimum absolute atomic E-state index is 0.0407. The molecule has 3 aromatic carbocycles. The molecule has 0 unspecified atom stereocenters. The maximum absolute atomic E-state index is 10.7. The molecule has 0 aliphatic carbocycles. The Bertz CT molecular complexity index is 1800. The summed E-state index contributed by atoms with van der Waals surface area (Å²) in [6, 6.07) is 19.1. The van der Waals surface area contributed by atoms with Gasteiger partial charge in [-0.25, -0.2) is 9.98 Å². The van der Waals surface area contributed by atoms with E-state index in [2.05, 4.69) is 4.98 Å². The second-order valence-corrected chi connectivity index (χ2v) is 8.99. The number of para-hydroxylation sites is 1. The highest BCUT2D eigenvalue weighted by atomic mass is 35.5. The van der Waals surface area contributed by atoms with E-state index in [1.165, 1.54) is 0 Å². The van der Waals surface area contributed by atoms with E-state index in [9.17, 15) is 5.11 Å². The maximum Gasteiger partial charge on any atom is 0.203 e. The summed E-state index contributed by atoms with van der Waals surface area (Å²) in [7, 11) is 4.72. The van der Waals surface area contributed by atoms with Crippen molar-refractivity contribution in [3.8, 4) is 45.5 Å². The molecule has 0 radical (unpaired) electrons. The molecule has 2 N–H and O–H groups in total. The number of aromatic nitrogens is 2. The van der Waals surface area contributed by atoms with Gasteiger partial charge < -0.3 is 24.3 Å². The van der Waals surface area contributed by atoms with Crippen LogP contribution in [0.5, 0.6) is 23.1 Å². The normalized spacial score (nSPS) is 12.3. The number of nitrogens with zero attached hydrogens (tertiary/aromatic N) is 2. The molecule has 2 aromatic heterocycles. The van der Waals surface area contributed by atoms with Crippen molar-refractivity contribution in [1.82, 2.24) is 9.97 Å². The summed E-state index contributed by atoms with van der Waals surface area (Å²) in [6.07, 6.45) is 1.84. The molecule has 0 saturated carbocycles. The minimum Gasteiger partial charge on any atom is -0.494 e. The number of pyridine rings is 1. The van der Waals surface area contributed by atoms with Crippen LogP contribution in [-0.4, -0.2) is 36.4 Å². The highest BCUT2D eigenvalue weighted by Gasteiger charge is 2.21. The third-order valence-corrected chi connectivity index (χ3v) is 6.68. The average Bonchev–Trinajstić information content (AvgIpc) is 3.44. The van der Waals surface area contributed by atoms with Crippen LogP contribution < -0.4 is 24.9 Å². The Balaban J connectivity index is 1.67. The van der Waals surface area contributed by atoms with Gasteiger partial charge in [-0.05, 0) is 48.5 Å². The Hall–Kier alpha value is -4.49. The first-order valence-electron chi connectivity index (χ1n) is 11.5. The van der Waals surface area contributed by atoms with Crippen LogP contribution in [0.1, 0.15) is 5.56 Å². The quantitative estimate of drug-likeness (QED) is 0.324. The van der Waals surface area contributed by atoms with Crippen molar-refractivity contribution in [3.05, 3.63) is 82.0 Å². The predicted octanol–water partition coefficient (Wildman–Crippen LogP) is 5.38. The Morgan fingerprint density at radius 2 is 1.65 bits per heavy atom. The van der Waals surface area contributed by atoms with E-state index < -0.39 is 0 Å². The topological polar surface area (TPSA) is 89.0 Å². The van der Waals surface area contributed by atoms with Gasteiger partial charge in [-0.15, -0.1) is 0 Å². The lowest BCUT2D eigenvalue weighted by atomic mass is 10.0. The van der Waals surface area contributed by atoms with E-state index in [4.69, 9.17) is 35.8 Å². The summed E-state index contributed by atoms with van der Waals surface area (Å²) >= 11 is 6.25. The zero-order valence-corrected chi connectivity index (χ0v) is 21.1. The first-order chi connectivity index (χ1) is 18.0. The number of rotatable bonds is 5. The molecular formula is C29H22ClN3O4. The number of benzene rings is 3. The number of aromatic amines is 1. The van der Waals surface area contributed by atoms with Gasteiger partial charge in [-0.1, -0.05) is 29.8 Å². The largest absolute Gasteiger partial charge is 0.494 e. The zero-order valence-electron chi connectivity index (χ0n) is 20.3. The monoisotopic (exact) mass is 511 g/mol. The number of hydrogen-bond donors (Lipinski definition) is 2. The fourth-order valence-electron chi connectivity index (χ4n) is 4.75. The molecule has 0 bridgehead atoms. The molecule has 0 spiro atoms. The molecule has 184 valence electrons. The van der Waals surface area contributed by atoms with E-state index in [-0.39, 0.29) is 5.88 Å². The number of aromatic hydroxyl groups is 1. The number of ether oxygens (including phenoxy) is 3. The molecule has 0 fully saturated rings. The van der Waals surface area contributed by atoms with Crippen LogP contribution in [0.3, 0.4) is 0 Å². The smallest absolute Gasteiger partial charge is 0.203 e. The van der Waals surface area contributed by atoms with Crippen molar-refractivity contribution in [2.24, 2.45) is 4.99 Å².